The Hall–Kier alpha value is -2.26. The zero-order valence-corrected chi connectivity index (χ0v) is 11.6. The van der Waals surface area contributed by atoms with E-state index in [1.807, 2.05) is 0 Å². The predicted octanol–water partition coefficient (Wildman–Crippen LogP) is 2.15. The second-order valence-corrected chi connectivity index (χ2v) is 5.37. The molecular weight excluding hydrogens is 300 g/mol. The summed E-state index contributed by atoms with van der Waals surface area (Å²) in [7, 11) is 0. The number of H-pyrrole nitrogens is 1. The highest BCUT2D eigenvalue weighted by Crippen LogP contribution is 2.17. The van der Waals surface area contributed by atoms with Crippen LogP contribution in [0.3, 0.4) is 0 Å². The molecule has 1 aromatic carbocycles. The van der Waals surface area contributed by atoms with E-state index in [-0.39, 0.29) is 5.13 Å². The topological polar surface area (TPSA) is 107 Å². The maximum Gasteiger partial charge on any atom is 0.405 e. The smallest absolute Gasteiger partial charge is 0.405 e. The van der Waals surface area contributed by atoms with Gasteiger partial charge in [-0.25, -0.2) is 4.79 Å². The lowest BCUT2D eigenvalue weighted by atomic mass is 10.1. The number of nitrogens with one attached hydrogen (secondary N) is 3. The molecule has 1 aromatic heterocycles. The first-order chi connectivity index (χ1) is 9.56. The average Bonchev–Trinajstić information content (AvgIpc) is 2.82. The van der Waals surface area contributed by atoms with E-state index in [1.54, 1.807) is 30.3 Å². The van der Waals surface area contributed by atoms with Gasteiger partial charge < -0.3 is 10.4 Å². The van der Waals surface area contributed by atoms with Crippen LogP contribution in [-0.2, 0) is 4.79 Å². The molecule has 104 valence electrons. The molecule has 0 radical (unpaired) electrons. The van der Waals surface area contributed by atoms with Gasteiger partial charge in [0.2, 0.25) is 5.13 Å². The lowest BCUT2D eigenvalue weighted by molar-refractivity contribution is -0.118. The first-order valence-corrected chi connectivity index (χ1v) is 6.69. The van der Waals surface area contributed by atoms with E-state index in [1.165, 1.54) is 0 Å². The minimum Gasteiger partial charge on any atom is -0.465 e. The summed E-state index contributed by atoms with van der Waals surface area (Å²) in [6.45, 7) is 0. The van der Waals surface area contributed by atoms with Crippen LogP contribution in [0.2, 0.25) is 0 Å². The molecule has 1 atom stereocenters. The van der Waals surface area contributed by atoms with E-state index in [4.69, 9.17) is 17.3 Å². The van der Waals surface area contributed by atoms with Gasteiger partial charge in [0, 0.05) is 0 Å². The van der Waals surface area contributed by atoms with Crippen molar-refractivity contribution in [2.24, 2.45) is 0 Å². The van der Waals surface area contributed by atoms with Crippen molar-refractivity contribution in [2.75, 3.05) is 5.32 Å². The number of nitrogens with zero attached hydrogens (tertiary/aromatic N) is 1. The molecule has 1 heterocycles. The fourth-order valence-electron chi connectivity index (χ4n) is 1.53. The molecule has 9 heteroatoms. The van der Waals surface area contributed by atoms with Gasteiger partial charge in [0.1, 0.15) is 6.04 Å². The van der Waals surface area contributed by atoms with E-state index < -0.39 is 18.0 Å². The van der Waals surface area contributed by atoms with Gasteiger partial charge in [-0.05, 0) is 17.8 Å². The zero-order chi connectivity index (χ0) is 14.5. The highest BCUT2D eigenvalue weighted by molar-refractivity contribution is 7.73. The number of carbonyl (C=O) groups is 2. The lowest BCUT2D eigenvalue weighted by Crippen LogP contribution is -2.36. The third kappa shape index (κ3) is 3.62. The molecule has 0 spiro atoms. The van der Waals surface area contributed by atoms with Crippen molar-refractivity contribution in [3.63, 3.8) is 0 Å². The van der Waals surface area contributed by atoms with Crippen LogP contribution in [0, 0.1) is 3.95 Å². The summed E-state index contributed by atoms with van der Waals surface area (Å²) in [5.74, 6) is -0.531. The lowest BCUT2D eigenvalue weighted by Gasteiger charge is -2.15. The molecule has 20 heavy (non-hydrogen) atoms. The minimum atomic E-state index is -1.29. The van der Waals surface area contributed by atoms with Gasteiger partial charge in [0.15, 0.2) is 3.95 Å². The fraction of sp³-hybridized carbons (Fsp3) is 0.0909. The number of hydrogen-bond acceptors (Lipinski definition) is 5. The third-order valence-corrected chi connectivity index (χ3v) is 3.34. The first-order valence-electron chi connectivity index (χ1n) is 5.47. The van der Waals surface area contributed by atoms with Crippen molar-refractivity contribution in [2.45, 2.75) is 6.04 Å². The van der Waals surface area contributed by atoms with E-state index in [0.29, 0.717) is 9.52 Å². The van der Waals surface area contributed by atoms with Crippen LogP contribution >= 0.6 is 23.6 Å². The molecule has 0 fully saturated rings. The number of amides is 2. The molecule has 2 aromatic rings. The molecule has 1 unspecified atom stereocenters. The summed E-state index contributed by atoms with van der Waals surface area (Å²) in [4.78, 5) is 23.0. The van der Waals surface area contributed by atoms with Crippen molar-refractivity contribution < 1.29 is 14.7 Å². The van der Waals surface area contributed by atoms with Crippen LogP contribution in [-0.4, -0.2) is 27.3 Å². The van der Waals surface area contributed by atoms with Crippen molar-refractivity contribution in [3.05, 3.63) is 39.8 Å². The number of benzene rings is 1. The highest BCUT2D eigenvalue weighted by Gasteiger charge is 2.23. The second kappa shape index (κ2) is 6.26. The van der Waals surface area contributed by atoms with Gasteiger partial charge in [0.25, 0.3) is 5.91 Å². The van der Waals surface area contributed by atoms with Crippen molar-refractivity contribution >= 4 is 40.7 Å². The van der Waals surface area contributed by atoms with E-state index in [9.17, 15) is 9.59 Å². The summed E-state index contributed by atoms with van der Waals surface area (Å²) in [6.07, 6.45) is -1.29. The van der Waals surface area contributed by atoms with Crippen LogP contribution in [0.5, 0.6) is 0 Å². The molecule has 0 bridgehead atoms. The number of carboxylic acid groups (broad SMARTS) is 1. The molecular formula is C11H10N4O3S2. The number of aromatic amines is 1. The molecule has 7 nitrogen and oxygen atoms in total. The maximum atomic E-state index is 12.1. The summed E-state index contributed by atoms with van der Waals surface area (Å²) in [5, 5.41) is 20.1. The van der Waals surface area contributed by atoms with Crippen LogP contribution in [0.1, 0.15) is 11.6 Å². The Morgan fingerprint density at radius 1 is 1.35 bits per heavy atom. The Balaban J connectivity index is 2.20. The van der Waals surface area contributed by atoms with Crippen LogP contribution in [0.25, 0.3) is 0 Å². The largest absolute Gasteiger partial charge is 0.465 e. The Morgan fingerprint density at radius 2 is 2.05 bits per heavy atom. The highest BCUT2D eigenvalue weighted by atomic mass is 32.1. The Morgan fingerprint density at radius 3 is 2.60 bits per heavy atom. The first kappa shape index (κ1) is 14.2. The number of anilines is 1. The Bertz CT molecular complexity index is 668. The van der Waals surface area contributed by atoms with Gasteiger partial charge >= 0.3 is 6.09 Å². The predicted molar refractivity (Wildman–Crippen MR) is 76.3 cm³/mol. The molecule has 4 N–H and O–H groups in total. The monoisotopic (exact) mass is 310 g/mol. The van der Waals surface area contributed by atoms with Crippen molar-refractivity contribution in [3.8, 4) is 0 Å². The van der Waals surface area contributed by atoms with Crippen molar-refractivity contribution in [1.29, 1.82) is 0 Å². The van der Waals surface area contributed by atoms with E-state index in [2.05, 4.69) is 20.8 Å². The molecule has 0 aliphatic heterocycles. The number of hydrogen-bond donors (Lipinski definition) is 4. The molecule has 0 aliphatic rings. The molecule has 0 aliphatic carbocycles. The SMILES string of the molecule is O=C(O)NC(C(=O)Nc1n[nH]c(=S)s1)c1ccccc1. The molecule has 0 saturated carbocycles. The van der Waals surface area contributed by atoms with Gasteiger partial charge in [-0.1, -0.05) is 41.7 Å². The molecule has 0 saturated heterocycles. The number of aromatic nitrogens is 2. The van der Waals surface area contributed by atoms with E-state index in [0.717, 1.165) is 11.3 Å². The van der Waals surface area contributed by atoms with E-state index >= 15 is 0 Å². The summed E-state index contributed by atoms with van der Waals surface area (Å²) >= 11 is 5.94. The fourth-order valence-corrected chi connectivity index (χ4v) is 2.32. The van der Waals surface area contributed by atoms with Crippen LogP contribution in [0.4, 0.5) is 9.93 Å². The quantitative estimate of drug-likeness (QED) is 0.647. The summed E-state index contributed by atoms with van der Waals surface area (Å²) in [6, 6.07) is 7.51. The zero-order valence-electron chi connectivity index (χ0n) is 9.99. The average molecular weight is 310 g/mol. The van der Waals surface area contributed by atoms with Crippen LogP contribution < -0.4 is 10.6 Å². The van der Waals surface area contributed by atoms with Gasteiger partial charge in [-0.2, -0.15) is 0 Å². The molecule has 2 amide bonds. The maximum absolute atomic E-state index is 12.1. The normalized spacial score (nSPS) is 11.6. The van der Waals surface area contributed by atoms with Crippen LogP contribution in [0.15, 0.2) is 30.3 Å². The Kier molecular flexibility index (Phi) is 4.43. The third-order valence-electron chi connectivity index (χ3n) is 2.33. The number of carbonyl (C=O) groups excluding carboxylic acids is 1. The van der Waals surface area contributed by atoms with Gasteiger partial charge in [0.05, 0.1) is 0 Å². The Labute approximate surface area is 122 Å². The molecule has 2 rings (SSSR count). The second-order valence-electron chi connectivity index (χ2n) is 3.70. The standard InChI is InChI=1S/C11H10N4O3S2/c16-8(13-9-14-15-11(19)20-9)7(12-10(17)18)6-4-2-1-3-5-6/h1-5,7,12H,(H,15,19)(H,17,18)(H,13,14,16). The minimum absolute atomic E-state index is 0.285. The van der Waals surface area contributed by atoms with Gasteiger partial charge in [-0.3, -0.25) is 15.2 Å². The summed E-state index contributed by atoms with van der Waals surface area (Å²) in [5.41, 5.74) is 0.534. The van der Waals surface area contributed by atoms with Crippen molar-refractivity contribution in [1.82, 2.24) is 15.5 Å². The number of rotatable bonds is 4. The van der Waals surface area contributed by atoms with Gasteiger partial charge in [-0.15, -0.1) is 5.10 Å². The summed E-state index contributed by atoms with van der Waals surface area (Å²) < 4.78 is 0.419.